The van der Waals surface area contributed by atoms with Crippen LogP contribution in [0.25, 0.3) is 21.5 Å². The van der Waals surface area contributed by atoms with Crippen molar-refractivity contribution in [2.45, 2.75) is 5.79 Å². The maximum atomic E-state index is 6.07. The van der Waals surface area contributed by atoms with Gasteiger partial charge in [-0.05, 0) is 22.2 Å². The van der Waals surface area contributed by atoms with Crippen LogP contribution in [0.15, 0.2) is 46.9 Å². The van der Waals surface area contributed by atoms with Crippen LogP contribution in [0, 0.1) is 0 Å². The van der Waals surface area contributed by atoms with Gasteiger partial charge in [0.2, 0.25) is 5.79 Å². The van der Waals surface area contributed by atoms with Gasteiger partial charge in [-0.15, -0.1) is 0 Å². The molecule has 2 aliphatic rings. The molecule has 1 saturated heterocycles. The first-order valence-corrected chi connectivity index (χ1v) is 7.53. The number of fused-ring (bicyclic) bond motifs is 2. The van der Waals surface area contributed by atoms with E-state index >= 15 is 0 Å². The van der Waals surface area contributed by atoms with Crippen LogP contribution in [0.4, 0.5) is 0 Å². The summed E-state index contributed by atoms with van der Waals surface area (Å²) in [4.78, 5) is 0. The van der Waals surface area contributed by atoms with Crippen molar-refractivity contribution in [2.75, 3.05) is 13.2 Å². The van der Waals surface area contributed by atoms with Gasteiger partial charge in [-0.25, -0.2) is 0 Å². The third-order valence-corrected chi connectivity index (χ3v) is 5.01. The molecule has 5 rings (SSSR count). The molecule has 0 saturated carbocycles. The van der Waals surface area contributed by atoms with Gasteiger partial charge in [-0.2, -0.15) is 0 Å². The fourth-order valence-corrected chi connectivity index (χ4v) is 4.20. The minimum absolute atomic E-state index is 0.641. The molecule has 0 bridgehead atoms. The van der Waals surface area contributed by atoms with Crippen molar-refractivity contribution in [2.24, 2.45) is 0 Å². The van der Waals surface area contributed by atoms with Crippen LogP contribution in [0.5, 0.6) is 0 Å². The summed E-state index contributed by atoms with van der Waals surface area (Å²) < 4.78 is 13.3. The van der Waals surface area contributed by atoms with Crippen molar-refractivity contribution >= 4 is 37.5 Å². The largest absolute Gasteiger partial charge is 0.340 e. The molecular formula is C17H11BrO2. The molecule has 0 aromatic heterocycles. The molecule has 0 radical (unpaired) electrons. The van der Waals surface area contributed by atoms with Crippen molar-refractivity contribution in [3.8, 4) is 0 Å². The standard InChI is InChI=1S/C17H11BrO2/c18-14-9-10-3-1-5-12-15(10)16-11(14)4-2-6-13(16)17(12)19-7-8-20-17/h1-6,9H,7-8H2. The van der Waals surface area contributed by atoms with Gasteiger partial charge < -0.3 is 9.47 Å². The lowest BCUT2D eigenvalue weighted by molar-refractivity contribution is -0.126. The van der Waals surface area contributed by atoms with Gasteiger partial charge in [0.05, 0.1) is 13.2 Å². The Labute approximate surface area is 124 Å². The molecule has 3 aromatic rings. The number of hydrogen-bond acceptors (Lipinski definition) is 2. The molecular weight excluding hydrogens is 316 g/mol. The molecule has 1 aliphatic carbocycles. The fourth-order valence-electron chi connectivity index (χ4n) is 3.62. The van der Waals surface area contributed by atoms with E-state index in [2.05, 4.69) is 58.4 Å². The zero-order chi connectivity index (χ0) is 13.3. The molecule has 20 heavy (non-hydrogen) atoms. The van der Waals surface area contributed by atoms with Crippen LogP contribution in [0.3, 0.4) is 0 Å². The summed E-state index contributed by atoms with van der Waals surface area (Å²) >= 11 is 3.69. The Morgan fingerprint density at radius 2 is 1.60 bits per heavy atom. The van der Waals surface area contributed by atoms with Crippen LogP contribution >= 0.6 is 15.9 Å². The summed E-state index contributed by atoms with van der Waals surface area (Å²) in [6.45, 7) is 1.28. The Morgan fingerprint density at radius 1 is 0.900 bits per heavy atom. The summed E-state index contributed by atoms with van der Waals surface area (Å²) in [5.74, 6) is -0.692. The molecule has 3 heteroatoms. The Balaban J connectivity index is 2.09. The molecule has 2 nitrogen and oxygen atoms in total. The first-order valence-electron chi connectivity index (χ1n) is 6.74. The van der Waals surface area contributed by atoms with E-state index in [9.17, 15) is 0 Å². The SMILES string of the molecule is Brc1cc2cccc3c2c2c(cccc12)C31OCCO1. The molecule has 0 unspecified atom stereocenters. The minimum atomic E-state index is -0.692. The van der Waals surface area contributed by atoms with Crippen molar-refractivity contribution < 1.29 is 9.47 Å². The van der Waals surface area contributed by atoms with Crippen molar-refractivity contribution in [3.63, 3.8) is 0 Å². The lowest BCUT2D eigenvalue weighted by Gasteiger charge is -2.24. The first-order chi connectivity index (χ1) is 9.81. The minimum Gasteiger partial charge on any atom is -0.340 e. The lowest BCUT2D eigenvalue weighted by Crippen LogP contribution is -2.25. The molecule has 98 valence electrons. The topological polar surface area (TPSA) is 18.5 Å². The monoisotopic (exact) mass is 326 g/mol. The smallest absolute Gasteiger partial charge is 0.223 e. The highest BCUT2D eigenvalue weighted by atomic mass is 79.9. The normalized spacial score (nSPS) is 18.9. The highest BCUT2D eigenvalue weighted by molar-refractivity contribution is 9.10. The zero-order valence-corrected chi connectivity index (χ0v) is 12.2. The quantitative estimate of drug-likeness (QED) is 0.573. The first kappa shape index (κ1) is 11.3. The van der Waals surface area contributed by atoms with Gasteiger partial charge >= 0.3 is 0 Å². The predicted octanol–water partition coefficient (Wildman–Crippen LogP) is 4.32. The summed E-state index contributed by atoms with van der Waals surface area (Å²) in [6, 6.07) is 14.9. The Morgan fingerprint density at radius 3 is 2.40 bits per heavy atom. The molecule has 1 spiro atoms. The van der Waals surface area contributed by atoms with E-state index in [1.807, 2.05) is 0 Å². The number of halogens is 1. The molecule has 3 aromatic carbocycles. The van der Waals surface area contributed by atoms with Gasteiger partial charge in [-0.3, -0.25) is 0 Å². The Kier molecular flexibility index (Phi) is 2.03. The third kappa shape index (κ3) is 1.13. The van der Waals surface area contributed by atoms with Crippen LogP contribution in [-0.4, -0.2) is 13.2 Å². The fraction of sp³-hybridized carbons (Fsp3) is 0.176. The molecule has 1 fully saturated rings. The second kappa shape index (κ2) is 3.61. The third-order valence-electron chi connectivity index (χ3n) is 4.35. The van der Waals surface area contributed by atoms with Gasteiger partial charge in [0, 0.05) is 21.0 Å². The summed E-state index contributed by atoms with van der Waals surface area (Å²) in [5, 5.41) is 4.97. The Hall–Kier alpha value is -1.42. The van der Waals surface area contributed by atoms with E-state index in [0.29, 0.717) is 13.2 Å². The van der Waals surface area contributed by atoms with Crippen LogP contribution in [-0.2, 0) is 15.3 Å². The van der Waals surface area contributed by atoms with Crippen molar-refractivity contribution in [3.05, 3.63) is 58.1 Å². The molecule has 1 heterocycles. The highest BCUT2D eigenvalue weighted by Gasteiger charge is 2.47. The van der Waals surface area contributed by atoms with Gasteiger partial charge in [-0.1, -0.05) is 52.3 Å². The average Bonchev–Trinajstić information content (AvgIpc) is 3.06. The van der Waals surface area contributed by atoms with E-state index in [-0.39, 0.29) is 0 Å². The predicted molar refractivity (Wildman–Crippen MR) is 81.8 cm³/mol. The van der Waals surface area contributed by atoms with Crippen molar-refractivity contribution in [1.29, 1.82) is 0 Å². The van der Waals surface area contributed by atoms with E-state index in [4.69, 9.17) is 9.47 Å². The van der Waals surface area contributed by atoms with Gasteiger partial charge in [0.25, 0.3) is 0 Å². The second-order valence-electron chi connectivity index (χ2n) is 5.30. The number of rotatable bonds is 0. The maximum absolute atomic E-state index is 6.07. The summed E-state index contributed by atoms with van der Waals surface area (Å²) in [7, 11) is 0. The number of ether oxygens (including phenoxy) is 2. The van der Waals surface area contributed by atoms with Gasteiger partial charge in [0.1, 0.15) is 0 Å². The summed E-state index contributed by atoms with van der Waals surface area (Å²) in [5.41, 5.74) is 2.28. The highest BCUT2D eigenvalue weighted by Crippen LogP contribution is 2.52. The van der Waals surface area contributed by atoms with E-state index in [1.165, 1.54) is 21.5 Å². The zero-order valence-electron chi connectivity index (χ0n) is 10.7. The number of hydrogen-bond donors (Lipinski definition) is 0. The van der Waals surface area contributed by atoms with Gasteiger partial charge in [0.15, 0.2) is 0 Å². The number of benzene rings is 3. The van der Waals surface area contributed by atoms with Crippen molar-refractivity contribution in [1.82, 2.24) is 0 Å². The van der Waals surface area contributed by atoms with Crippen LogP contribution < -0.4 is 0 Å². The second-order valence-corrected chi connectivity index (χ2v) is 6.16. The van der Waals surface area contributed by atoms with Crippen LogP contribution in [0.1, 0.15) is 11.1 Å². The molecule has 0 amide bonds. The average molecular weight is 327 g/mol. The maximum Gasteiger partial charge on any atom is 0.223 e. The summed E-state index contributed by atoms with van der Waals surface area (Å²) in [6.07, 6.45) is 0. The molecule has 0 atom stereocenters. The van der Waals surface area contributed by atoms with E-state index in [0.717, 1.165) is 15.6 Å². The lowest BCUT2D eigenvalue weighted by atomic mass is 10.0. The van der Waals surface area contributed by atoms with Crippen LogP contribution in [0.2, 0.25) is 0 Å². The van der Waals surface area contributed by atoms with E-state index in [1.54, 1.807) is 0 Å². The molecule has 0 N–H and O–H groups in total. The Bertz CT molecular complexity index is 879. The van der Waals surface area contributed by atoms with E-state index < -0.39 is 5.79 Å². The molecule has 1 aliphatic heterocycles.